The molecule has 4 rings (SSSR count). The Labute approximate surface area is 188 Å². The third-order valence-corrected chi connectivity index (χ3v) is 6.94. The molecule has 0 saturated carbocycles. The molecular weight excluding hydrogens is 426 g/mol. The van der Waals surface area contributed by atoms with Gasteiger partial charge in [0.25, 0.3) is 10.0 Å². The van der Waals surface area contributed by atoms with Gasteiger partial charge in [-0.3, -0.25) is 4.72 Å². The first-order valence-electron chi connectivity index (χ1n) is 10.4. The van der Waals surface area contributed by atoms with E-state index in [4.69, 9.17) is 4.74 Å². The van der Waals surface area contributed by atoms with E-state index in [1.165, 1.54) is 6.07 Å². The van der Waals surface area contributed by atoms with Crippen LogP contribution in [0.5, 0.6) is 5.75 Å². The zero-order valence-electron chi connectivity index (χ0n) is 18.4. The maximum absolute atomic E-state index is 12.9. The molecule has 168 valence electrons. The van der Waals surface area contributed by atoms with E-state index in [0.29, 0.717) is 17.1 Å². The molecule has 0 bridgehead atoms. The van der Waals surface area contributed by atoms with Crippen LogP contribution in [0.3, 0.4) is 0 Å². The Kier molecular flexibility index (Phi) is 6.29. The van der Waals surface area contributed by atoms with Gasteiger partial charge in [-0.1, -0.05) is 12.1 Å². The number of methoxy groups -OCH3 is 1. The predicted octanol–water partition coefficient (Wildman–Crippen LogP) is 3.01. The molecule has 0 aliphatic carbocycles. The van der Waals surface area contributed by atoms with Gasteiger partial charge in [0, 0.05) is 37.4 Å². The standard InChI is InChI=1S/C23H27N5O3S/c1-17-15-20(7-9-22(17)31-3)32(29,30)26-19-6-4-5-18(16-19)21-8-10-23(25-24-21)28-13-11-27(2)12-14-28/h4-10,15-16,26H,11-14H2,1-3H3. The minimum Gasteiger partial charge on any atom is -0.496 e. The van der Waals surface area contributed by atoms with Crippen molar-refractivity contribution in [2.45, 2.75) is 11.8 Å². The molecule has 1 aliphatic rings. The first-order valence-corrected chi connectivity index (χ1v) is 11.9. The normalized spacial score (nSPS) is 14.9. The summed E-state index contributed by atoms with van der Waals surface area (Å²) in [6.07, 6.45) is 0. The van der Waals surface area contributed by atoms with E-state index in [0.717, 1.165) is 43.1 Å². The van der Waals surface area contributed by atoms with Crippen molar-refractivity contribution in [1.82, 2.24) is 15.1 Å². The molecule has 3 aromatic rings. The van der Waals surface area contributed by atoms with E-state index in [1.54, 1.807) is 37.4 Å². The molecule has 1 saturated heterocycles. The second kappa shape index (κ2) is 9.13. The lowest BCUT2D eigenvalue weighted by Gasteiger charge is -2.32. The Morgan fingerprint density at radius 1 is 0.969 bits per heavy atom. The third-order valence-electron chi connectivity index (χ3n) is 5.56. The summed E-state index contributed by atoms with van der Waals surface area (Å²) in [5, 5.41) is 8.76. The van der Waals surface area contributed by atoms with E-state index >= 15 is 0 Å². The average molecular weight is 454 g/mol. The van der Waals surface area contributed by atoms with Crippen LogP contribution in [0.2, 0.25) is 0 Å². The molecule has 1 N–H and O–H groups in total. The Morgan fingerprint density at radius 3 is 2.41 bits per heavy atom. The molecule has 1 aliphatic heterocycles. The lowest BCUT2D eigenvalue weighted by atomic mass is 10.1. The van der Waals surface area contributed by atoms with Gasteiger partial charge < -0.3 is 14.5 Å². The number of ether oxygens (including phenoxy) is 1. The van der Waals surface area contributed by atoms with Crippen LogP contribution >= 0.6 is 0 Å². The van der Waals surface area contributed by atoms with Crippen molar-refractivity contribution in [2.75, 3.05) is 50.0 Å². The number of aromatic nitrogens is 2. The van der Waals surface area contributed by atoms with E-state index in [-0.39, 0.29) is 4.90 Å². The summed E-state index contributed by atoms with van der Waals surface area (Å²) in [7, 11) is -0.0671. The largest absolute Gasteiger partial charge is 0.496 e. The van der Waals surface area contributed by atoms with Gasteiger partial charge in [-0.05, 0) is 62.0 Å². The lowest BCUT2D eigenvalue weighted by molar-refractivity contribution is 0.312. The van der Waals surface area contributed by atoms with E-state index in [1.807, 2.05) is 25.1 Å². The quantitative estimate of drug-likeness (QED) is 0.614. The van der Waals surface area contributed by atoms with Crippen molar-refractivity contribution < 1.29 is 13.2 Å². The van der Waals surface area contributed by atoms with Gasteiger partial charge in [0.2, 0.25) is 0 Å². The fourth-order valence-corrected chi connectivity index (χ4v) is 4.79. The van der Waals surface area contributed by atoms with Crippen LogP contribution < -0.4 is 14.4 Å². The molecule has 32 heavy (non-hydrogen) atoms. The van der Waals surface area contributed by atoms with Crippen LogP contribution in [0.4, 0.5) is 11.5 Å². The highest BCUT2D eigenvalue weighted by molar-refractivity contribution is 7.92. The summed E-state index contributed by atoms with van der Waals surface area (Å²) in [5.74, 6) is 1.50. The minimum atomic E-state index is -3.74. The zero-order valence-corrected chi connectivity index (χ0v) is 19.3. The van der Waals surface area contributed by atoms with Crippen LogP contribution in [-0.4, -0.2) is 63.9 Å². The fourth-order valence-electron chi connectivity index (χ4n) is 3.66. The van der Waals surface area contributed by atoms with Crippen LogP contribution in [0.15, 0.2) is 59.5 Å². The first-order chi connectivity index (χ1) is 15.4. The van der Waals surface area contributed by atoms with E-state index in [2.05, 4.69) is 31.8 Å². The number of likely N-dealkylation sites (N-methyl/N-ethyl adjacent to an activating group) is 1. The third kappa shape index (κ3) is 4.84. The van der Waals surface area contributed by atoms with Crippen molar-refractivity contribution in [3.8, 4) is 17.0 Å². The maximum Gasteiger partial charge on any atom is 0.261 e. The summed E-state index contributed by atoms with van der Waals surface area (Å²) in [5.41, 5.74) is 2.68. The van der Waals surface area contributed by atoms with Crippen LogP contribution in [0, 0.1) is 6.92 Å². The SMILES string of the molecule is COc1ccc(S(=O)(=O)Nc2cccc(-c3ccc(N4CCN(C)CC4)nn3)c2)cc1C. The highest BCUT2D eigenvalue weighted by atomic mass is 32.2. The number of hydrogen-bond acceptors (Lipinski definition) is 7. The topological polar surface area (TPSA) is 87.7 Å². The van der Waals surface area contributed by atoms with E-state index in [9.17, 15) is 8.42 Å². The van der Waals surface area contributed by atoms with Crippen molar-refractivity contribution in [1.29, 1.82) is 0 Å². The number of sulfonamides is 1. The van der Waals surface area contributed by atoms with Gasteiger partial charge in [0.1, 0.15) is 5.75 Å². The fraction of sp³-hybridized carbons (Fsp3) is 0.304. The molecule has 2 heterocycles. The number of piperazine rings is 1. The van der Waals surface area contributed by atoms with Gasteiger partial charge in [0.15, 0.2) is 5.82 Å². The second-order valence-corrected chi connectivity index (χ2v) is 9.57. The summed E-state index contributed by atoms with van der Waals surface area (Å²) in [6.45, 7) is 5.65. The van der Waals surface area contributed by atoms with Gasteiger partial charge in [-0.2, -0.15) is 0 Å². The average Bonchev–Trinajstić information content (AvgIpc) is 2.79. The Hall–Kier alpha value is -3.17. The molecule has 8 nitrogen and oxygen atoms in total. The van der Waals surface area contributed by atoms with Crippen molar-refractivity contribution in [3.05, 3.63) is 60.2 Å². The van der Waals surface area contributed by atoms with Crippen molar-refractivity contribution >= 4 is 21.5 Å². The lowest BCUT2D eigenvalue weighted by Crippen LogP contribution is -2.44. The number of rotatable bonds is 6. The molecule has 0 unspecified atom stereocenters. The van der Waals surface area contributed by atoms with Gasteiger partial charge in [-0.25, -0.2) is 8.42 Å². The van der Waals surface area contributed by atoms with Crippen LogP contribution in [0.25, 0.3) is 11.3 Å². The summed E-state index contributed by atoms with van der Waals surface area (Å²) < 4.78 is 33.6. The summed E-state index contributed by atoms with van der Waals surface area (Å²) in [4.78, 5) is 4.69. The first kappa shape index (κ1) is 22.0. The van der Waals surface area contributed by atoms with Gasteiger partial charge >= 0.3 is 0 Å². The number of nitrogens with zero attached hydrogens (tertiary/aromatic N) is 4. The Morgan fingerprint density at radius 2 is 1.75 bits per heavy atom. The van der Waals surface area contributed by atoms with Crippen molar-refractivity contribution in [2.24, 2.45) is 0 Å². The highest BCUT2D eigenvalue weighted by Crippen LogP contribution is 2.26. The molecule has 2 aromatic carbocycles. The molecule has 0 atom stereocenters. The second-order valence-electron chi connectivity index (χ2n) is 7.88. The molecule has 0 spiro atoms. The van der Waals surface area contributed by atoms with Gasteiger partial charge in [0.05, 0.1) is 17.7 Å². The molecular formula is C23H27N5O3S. The summed E-state index contributed by atoms with van der Waals surface area (Å²) in [6, 6.07) is 15.8. The highest BCUT2D eigenvalue weighted by Gasteiger charge is 2.17. The zero-order chi connectivity index (χ0) is 22.7. The van der Waals surface area contributed by atoms with Crippen LogP contribution in [-0.2, 0) is 10.0 Å². The number of aryl methyl sites for hydroxylation is 1. The smallest absolute Gasteiger partial charge is 0.261 e. The van der Waals surface area contributed by atoms with Gasteiger partial charge in [-0.15, -0.1) is 10.2 Å². The molecule has 1 aromatic heterocycles. The number of hydrogen-bond donors (Lipinski definition) is 1. The summed E-state index contributed by atoms with van der Waals surface area (Å²) >= 11 is 0. The maximum atomic E-state index is 12.9. The monoisotopic (exact) mass is 453 g/mol. The molecule has 0 amide bonds. The van der Waals surface area contributed by atoms with E-state index < -0.39 is 10.0 Å². The molecule has 1 fully saturated rings. The Bertz CT molecular complexity index is 1190. The number of anilines is 2. The van der Waals surface area contributed by atoms with Crippen LogP contribution in [0.1, 0.15) is 5.56 Å². The molecule has 0 radical (unpaired) electrons. The number of nitrogens with one attached hydrogen (secondary N) is 1. The predicted molar refractivity (Wildman–Crippen MR) is 126 cm³/mol. The molecule has 9 heteroatoms. The number of benzene rings is 2. The van der Waals surface area contributed by atoms with Crippen molar-refractivity contribution in [3.63, 3.8) is 0 Å². The Balaban J connectivity index is 1.51. The minimum absolute atomic E-state index is 0.178.